The molecule has 0 spiro atoms. The van der Waals surface area contributed by atoms with E-state index in [2.05, 4.69) is 4.98 Å². The Morgan fingerprint density at radius 2 is 2.00 bits per heavy atom. The molecule has 2 heterocycles. The zero-order chi connectivity index (χ0) is 15.0. The molecular weight excluding hydrogens is 276 g/mol. The van der Waals surface area contributed by atoms with Gasteiger partial charge in [0.05, 0.1) is 13.2 Å². The third-order valence-corrected chi connectivity index (χ3v) is 3.64. The quantitative estimate of drug-likeness (QED) is 0.814. The number of pyridine rings is 1. The van der Waals surface area contributed by atoms with Crippen molar-refractivity contribution in [3.05, 3.63) is 52.7 Å². The summed E-state index contributed by atoms with van der Waals surface area (Å²) in [5.74, 6) is -1.000. The molecule has 1 aromatic heterocycles. The van der Waals surface area contributed by atoms with E-state index in [1.165, 1.54) is 12.1 Å². The zero-order valence-electron chi connectivity index (χ0n) is 11.4. The molecule has 3 nitrogen and oxygen atoms in total. The molecule has 1 aliphatic heterocycles. The highest BCUT2D eigenvalue weighted by atomic mass is 19.1. The fourth-order valence-corrected chi connectivity index (χ4v) is 2.43. The lowest BCUT2D eigenvalue weighted by Gasteiger charge is -2.27. The summed E-state index contributed by atoms with van der Waals surface area (Å²) in [6.45, 7) is 2.85. The monoisotopic (exact) mass is 289 g/mol. The molecule has 0 aliphatic carbocycles. The van der Waals surface area contributed by atoms with Gasteiger partial charge < -0.3 is 4.74 Å². The smallest absolute Gasteiger partial charge is 0.168 e. The number of carbonyl (C=O) groups is 1. The third kappa shape index (κ3) is 2.45. The molecular formula is C16H13F2NO2. The average Bonchev–Trinajstić information content (AvgIpc) is 2.38. The Morgan fingerprint density at radius 3 is 2.57 bits per heavy atom. The second kappa shape index (κ2) is 5.33. The molecule has 1 saturated heterocycles. The summed E-state index contributed by atoms with van der Waals surface area (Å²) in [5, 5.41) is 0. The SMILES string of the molecule is Cc1cc(C2COC2)cc(F)c1-c1nc(C=O)ccc1F. The largest absolute Gasteiger partial charge is 0.380 e. The van der Waals surface area contributed by atoms with Gasteiger partial charge in [0.25, 0.3) is 0 Å². The van der Waals surface area contributed by atoms with Crippen LogP contribution in [0.4, 0.5) is 8.78 Å². The number of hydrogen-bond acceptors (Lipinski definition) is 3. The molecule has 0 amide bonds. The zero-order valence-corrected chi connectivity index (χ0v) is 11.4. The van der Waals surface area contributed by atoms with E-state index in [4.69, 9.17) is 4.74 Å². The van der Waals surface area contributed by atoms with Crippen molar-refractivity contribution in [2.45, 2.75) is 12.8 Å². The van der Waals surface area contributed by atoms with Crippen molar-refractivity contribution >= 4 is 6.29 Å². The number of nitrogens with zero attached hydrogens (tertiary/aromatic N) is 1. The van der Waals surface area contributed by atoms with Crippen LogP contribution in [0.3, 0.4) is 0 Å². The number of hydrogen-bond donors (Lipinski definition) is 0. The van der Waals surface area contributed by atoms with E-state index in [-0.39, 0.29) is 22.9 Å². The standard InChI is InChI=1S/C16H13F2NO2/c1-9-4-10(11-7-21-8-11)5-14(18)15(9)16-13(17)3-2-12(6-20)19-16/h2-6,11H,7-8H2,1H3. The third-order valence-electron chi connectivity index (χ3n) is 3.64. The van der Waals surface area contributed by atoms with Gasteiger partial charge in [0.2, 0.25) is 0 Å². The van der Waals surface area contributed by atoms with E-state index < -0.39 is 11.6 Å². The minimum Gasteiger partial charge on any atom is -0.380 e. The number of halogens is 2. The number of aldehydes is 1. The molecule has 21 heavy (non-hydrogen) atoms. The Hall–Kier alpha value is -2.14. The molecule has 1 fully saturated rings. The van der Waals surface area contributed by atoms with E-state index in [0.29, 0.717) is 25.1 Å². The van der Waals surface area contributed by atoms with Crippen LogP contribution in [0.2, 0.25) is 0 Å². The van der Waals surface area contributed by atoms with Crippen LogP contribution in [0.1, 0.15) is 27.5 Å². The first-order chi connectivity index (χ1) is 10.1. The molecule has 5 heteroatoms. The van der Waals surface area contributed by atoms with Crippen LogP contribution in [0.15, 0.2) is 24.3 Å². The molecule has 2 aromatic rings. The summed E-state index contributed by atoms with van der Waals surface area (Å²) >= 11 is 0. The maximum atomic E-state index is 14.4. The van der Waals surface area contributed by atoms with Crippen LogP contribution in [0, 0.1) is 18.6 Å². The molecule has 0 unspecified atom stereocenters. The van der Waals surface area contributed by atoms with Crippen LogP contribution in [0.5, 0.6) is 0 Å². The summed E-state index contributed by atoms with van der Waals surface area (Å²) in [6, 6.07) is 5.60. The molecule has 0 bridgehead atoms. The first-order valence-electron chi connectivity index (χ1n) is 6.60. The highest BCUT2D eigenvalue weighted by Crippen LogP contribution is 2.32. The Labute approximate surface area is 120 Å². The topological polar surface area (TPSA) is 39.2 Å². The van der Waals surface area contributed by atoms with Gasteiger partial charge in [-0.3, -0.25) is 4.79 Å². The molecule has 3 rings (SSSR count). The predicted octanol–water partition coefficient (Wildman–Crippen LogP) is 3.26. The summed E-state index contributed by atoms with van der Waals surface area (Å²) < 4.78 is 33.4. The Balaban J connectivity index is 2.12. The maximum Gasteiger partial charge on any atom is 0.168 e. The maximum absolute atomic E-state index is 14.4. The summed E-state index contributed by atoms with van der Waals surface area (Å²) in [7, 11) is 0. The molecule has 1 aliphatic rings. The van der Waals surface area contributed by atoms with Crippen LogP contribution in [-0.2, 0) is 4.74 Å². The molecule has 0 N–H and O–H groups in total. The van der Waals surface area contributed by atoms with Crippen LogP contribution in [-0.4, -0.2) is 24.5 Å². The van der Waals surface area contributed by atoms with E-state index in [1.54, 1.807) is 6.92 Å². The van der Waals surface area contributed by atoms with E-state index >= 15 is 0 Å². The fraction of sp³-hybridized carbons (Fsp3) is 0.250. The van der Waals surface area contributed by atoms with Gasteiger partial charge in [0, 0.05) is 11.5 Å². The van der Waals surface area contributed by atoms with E-state index in [9.17, 15) is 13.6 Å². The van der Waals surface area contributed by atoms with Gasteiger partial charge in [-0.1, -0.05) is 6.07 Å². The molecule has 0 atom stereocenters. The van der Waals surface area contributed by atoms with Crippen molar-refractivity contribution in [3.63, 3.8) is 0 Å². The van der Waals surface area contributed by atoms with Gasteiger partial charge in [0.15, 0.2) is 6.29 Å². The first kappa shape index (κ1) is 13.8. The predicted molar refractivity (Wildman–Crippen MR) is 73.3 cm³/mol. The number of rotatable bonds is 3. The molecule has 0 radical (unpaired) electrons. The Kier molecular flexibility index (Phi) is 3.51. The lowest BCUT2D eigenvalue weighted by molar-refractivity contribution is 0.00831. The number of ether oxygens (including phenoxy) is 1. The minimum atomic E-state index is -0.651. The van der Waals surface area contributed by atoms with Crippen LogP contribution in [0.25, 0.3) is 11.3 Å². The van der Waals surface area contributed by atoms with Gasteiger partial charge in [-0.15, -0.1) is 0 Å². The second-order valence-corrected chi connectivity index (χ2v) is 5.11. The van der Waals surface area contributed by atoms with Crippen molar-refractivity contribution in [2.24, 2.45) is 0 Å². The van der Waals surface area contributed by atoms with E-state index in [1.807, 2.05) is 6.07 Å². The van der Waals surface area contributed by atoms with Crippen molar-refractivity contribution in [3.8, 4) is 11.3 Å². The Morgan fingerprint density at radius 1 is 1.24 bits per heavy atom. The summed E-state index contributed by atoms with van der Waals surface area (Å²) in [4.78, 5) is 14.7. The fourth-order valence-electron chi connectivity index (χ4n) is 2.43. The number of aryl methyl sites for hydroxylation is 1. The lowest BCUT2D eigenvalue weighted by Crippen LogP contribution is -2.25. The Bertz CT molecular complexity index is 688. The van der Waals surface area contributed by atoms with Gasteiger partial charge in [-0.2, -0.15) is 0 Å². The summed E-state index contributed by atoms with van der Waals surface area (Å²) in [5.41, 5.74) is 1.46. The normalized spacial score (nSPS) is 14.8. The van der Waals surface area contributed by atoms with Gasteiger partial charge in [-0.25, -0.2) is 13.8 Å². The highest BCUT2D eigenvalue weighted by molar-refractivity contribution is 5.75. The molecule has 108 valence electrons. The minimum absolute atomic E-state index is 0.0710. The highest BCUT2D eigenvalue weighted by Gasteiger charge is 2.24. The number of aromatic nitrogens is 1. The van der Waals surface area contributed by atoms with Gasteiger partial charge >= 0.3 is 0 Å². The van der Waals surface area contributed by atoms with E-state index in [0.717, 1.165) is 11.6 Å². The van der Waals surface area contributed by atoms with Crippen molar-refractivity contribution in [2.75, 3.05) is 13.2 Å². The van der Waals surface area contributed by atoms with Gasteiger partial charge in [0.1, 0.15) is 23.0 Å². The summed E-state index contributed by atoms with van der Waals surface area (Å²) in [6.07, 6.45) is 0.510. The number of carbonyl (C=O) groups excluding carboxylic acids is 1. The van der Waals surface area contributed by atoms with Crippen molar-refractivity contribution in [1.29, 1.82) is 0 Å². The average molecular weight is 289 g/mol. The second-order valence-electron chi connectivity index (χ2n) is 5.11. The number of benzene rings is 1. The van der Waals surface area contributed by atoms with Crippen LogP contribution >= 0.6 is 0 Å². The van der Waals surface area contributed by atoms with Crippen molar-refractivity contribution < 1.29 is 18.3 Å². The van der Waals surface area contributed by atoms with Crippen LogP contribution < -0.4 is 0 Å². The lowest BCUT2D eigenvalue weighted by atomic mass is 9.92. The molecule has 0 saturated carbocycles. The van der Waals surface area contributed by atoms with Crippen molar-refractivity contribution in [1.82, 2.24) is 4.98 Å². The first-order valence-corrected chi connectivity index (χ1v) is 6.60. The van der Waals surface area contributed by atoms with Gasteiger partial charge in [-0.05, 0) is 36.2 Å². The molecule has 1 aromatic carbocycles.